The highest BCUT2D eigenvalue weighted by Gasteiger charge is 2.18. The minimum Gasteiger partial charge on any atom is -0.490 e. The van der Waals surface area contributed by atoms with E-state index in [1.165, 1.54) is 12.8 Å². The molecule has 5 heteroatoms. The van der Waals surface area contributed by atoms with Gasteiger partial charge in [-0.25, -0.2) is 4.79 Å². The van der Waals surface area contributed by atoms with Crippen molar-refractivity contribution in [3.8, 4) is 5.75 Å². The highest BCUT2D eigenvalue weighted by atomic mass is 16.5. The summed E-state index contributed by atoms with van der Waals surface area (Å²) in [6.45, 7) is 3.60. The van der Waals surface area contributed by atoms with E-state index in [9.17, 15) is 4.79 Å². The van der Waals surface area contributed by atoms with E-state index in [1.54, 1.807) is 6.92 Å². The van der Waals surface area contributed by atoms with Crippen LogP contribution in [0.15, 0.2) is 18.2 Å². The van der Waals surface area contributed by atoms with Gasteiger partial charge in [0.25, 0.3) is 0 Å². The second-order valence-electron chi connectivity index (χ2n) is 5.64. The van der Waals surface area contributed by atoms with Crippen LogP contribution in [0.5, 0.6) is 5.75 Å². The van der Waals surface area contributed by atoms with Crippen LogP contribution in [0.2, 0.25) is 0 Å². The monoisotopic (exact) mass is 292 g/mol. The predicted octanol–water partition coefficient (Wildman–Crippen LogP) is 2.82. The first-order valence-electron chi connectivity index (χ1n) is 7.54. The van der Waals surface area contributed by atoms with Crippen LogP contribution >= 0.6 is 0 Å². The lowest BCUT2D eigenvalue weighted by Crippen LogP contribution is -2.38. The van der Waals surface area contributed by atoms with Crippen LogP contribution in [0.1, 0.15) is 38.2 Å². The minimum absolute atomic E-state index is 0.0861. The van der Waals surface area contributed by atoms with Gasteiger partial charge in [0.05, 0.1) is 18.8 Å². The van der Waals surface area contributed by atoms with Crippen molar-refractivity contribution in [3.63, 3.8) is 0 Å². The van der Waals surface area contributed by atoms with E-state index in [1.807, 2.05) is 25.1 Å². The number of ether oxygens (including phenoxy) is 1. The third kappa shape index (κ3) is 4.36. The van der Waals surface area contributed by atoms with Gasteiger partial charge < -0.3 is 20.5 Å². The van der Waals surface area contributed by atoms with Crippen LogP contribution in [-0.4, -0.2) is 29.9 Å². The van der Waals surface area contributed by atoms with Crippen molar-refractivity contribution in [2.75, 3.05) is 11.9 Å². The van der Waals surface area contributed by atoms with Gasteiger partial charge in [0, 0.05) is 11.3 Å². The molecule has 0 aromatic heterocycles. The molecule has 1 unspecified atom stereocenters. The number of hydrogen-bond donors (Lipinski definition) is 3. The molecule has 21 heavy (non-hydrogen) atoms. The molecule has 0 aliphatic heterocycles. The Balaban J connectivity index is 2.01. The quantitative estimate of drug-likeness (QED) is 0.781. The van der Waals surface area contributed by atoms with Crippen molar-refractivity contribution in [1.82, 2.24) is 5.32 Å². The molecule has 1 aliphatic rings. The van der Waals surface area contributed by atoms with Gasteiger partial charge in [-0.2, -0.15) is 0 Å². The average molecular weight is 292 g/mol. The SMILES string of the molecule is Cc1c(NC(=O)NC(C)CO)cccc1OC1CCCC1. The van der Waals surface area contributed by atoms with E-state index in [4.69, 9.17) is 9.84 Å². The summed E-state index contributed by atoms with van der Waals surface area (Å²) in [5.41, 5.74) is 1.66. The number of nitrogens with one attached hydrogen (secondary N) is 2. The molecule has 0 radical (unpaired) electrons. The van der Waals surface area contributed by atoms with Crippen LogP contribution in [0.4, 0.5) is 10.5 Å². The number of carbonyl (C=O) groups is 1. The fraction of sp³-hybridized carbons (Fsp3) is 0.562. The van der Waals surface area contributed by atoms with Crippen LogP contribution in [0, 0.1) is 6.92 Å². The van der Waals surface area contributed by atoms with Crippen LogP contribution in [0.25, 0.3) is 0 Å². The molecule has 0 spiro atoms. The number of hydrogen-bond acceptors (Lipinski definition) is 3. The summed E-state index contributed by atoms with van der Waals surface area (Å²) in [5.74, 6) is 0.829. The molecular formula is C16H24N2O3. The Labute approximate surface area is 125 Å². The fourth-order valence-corrected chi connectivity index (χ4v) is 2.49. The van der Waals surface area contributed by atoms with Crippen molar-refractivity contribution >= 4 is 11.7 Å². The van der Waals surface area contributed by atoms with Crippen molar-refractivity contribution in [2.24, 2.45) is 0 Å². The maximum atomic E-state index is 11.8. The number of amides is 2. The Morgan fingerprint density at radius 3 is 2.81 bits per heavy atom. The number of aliphatic hydroxyl groups excluding tert-OH is 1. The molecule has 3 N–H and O–H groups in total. The van der Waals surface area contributed by atoms with Gasteiger partial charge in [0.1, 0.15) is 5.75 Å². The van der Waals surface area contributed by atoms with E-state index in [-0.39, 0.29) is 18.7 Å². The Kier molecular flexibility index (Phi) is 5.44. The molecule has 2 rings (SSSR count). The van der Waals surface area contributed by atoms with E-state index >= 15 is 0 Å². The number of urea groups is 1. The van der Waals surface area contributed by atoms with Gasteiger partial charge in [-0.15, -0.1) is 0 Å². The van der Waals surface area contributed by atoms with Gasteiger partial charge in [-0.05, 0) is 51.7 Å². The summed E-state index contributed by atoms with van der Waals surface area (Å²) in [6.07, 6.45) is 4.95. The molecule has 0 bridgehead atoms. The van der Waals surface area contributed by atoms with Crippen molar-refractivity contribution in [3.05, 3.63) is 23.8 Å². The van der Waals surface area contributed by atoms with Crippen molar-refractivity contribution in [2.45, 2.75) is 51.7 Å². The Hall–Kier alpha value is -1.75. The molecule has 1 atom stereocenters. The highest BCUT2D eigenvalue weighted by molar-refractivity contribution is 5.90. The van der Waals surface area contributed by atoms with Gasteiger partial charge in [0.2, 0.25) is 0 Å². The summed E-state index contributed by atoms with van der Waals surface area (Å²) in [4.78, 5) is 11.8. The number of aliphatic hydroxyl groups is 1. The van der Waals surface area contributed by atoms with Crippen LogP contribution in [0.3, 0.4) is 0 Å². The molecule has 0 saturated heterocycles. The number of rotatable bonds is 5. The molecule has 5 nitrogen and oxygen atoms in total. The summed E-state index contributed by atoms with van der Waals surface area (Å²) in [6, 6.07) is 5.07. The largest absolute Gasteiger partial charge is 0.490 e. The molecule has 2 amide bonds. The van der Waals surface area contributed by atoms with Crippen molar-refractivity contribution < 1.29 is 14.6 Å². The number of anilines is 1. The first-order valence-corrected chi connectivity index (χ1v) is 7.54. The number of carbonyl (C=O) groups excluding carboxylic acids is 1. The highest BCUT2D eigenvalue weighted by Crippen LogP contribution is 2.30. The predicted molar refractivity (Wildman–Crippen MR) is 82.8 cm³/mol. The summed E-state index contributed by atoms with van der Waals surface area (Å²) in [7, 11) is 0. The van der Waals surface area contributed by atoms with E-state index < -0.39 is 0 Å². The van der Waals surface area contributed by atoms with E-state index in [0.29, 0.717) is 6.10 Å². The number of benzene rings is 1. The molecule has 1 aromatic carbocycles. The molecule has 1 fully saturated rings. The lowest BCUT2D eigenvalue weighted by molar-refractivity contribution is 0.208. The van der Waals surface area contributed by atoms with Gasteiger partial charge >= 0.3 is 6.03 Å². The lowest BCUT2D eigenvalue weighted by atomic mass is 10.1. The van der Waals surface area contributed by atoms with Gasteiger partial charge in [0.15, 0.2) is 0 Å². The normalized spacial score (nSPS) is 16.5. The standard InChI is InChI=1S/C16H24N2O3/c1-11(10-19)17-16(20)18-14-8-5-9-15(12(14)2)21-13-6-3-4-7-13/h5,8-9,11,13,19H,3-4,6-7,10H2,1-2H3,(H2,17,18,20). The minimum atomic E-state index is -0.322. The first kappa shape index (κ1) is 15.6. The molecule has 1 saturated carbocycles. The van der Waals surface area contributed by atoms with Crippen LogP contribution < -0.4 is 15.4 Å². The zero-order chi connectivity index (χ0) is 15.2. The Morgan fingerprint density at radius 2 is 2.14 bits per heavy atom. The second kappa shape index (κ2) is 7.31. The van der Waals surface area contributed by atoms with Gasteiger partial charge in [-0.1, -0.05) is 6.07 Å². The van der Waals surface area contributed by atoms with Crippen molar-refractivity contribution in [1.29, 1.82) is 0 Å². The Morgan fingerprint density at radius 1 is 1.43 bits per heavy atom. The molecule has 1 aromatic rings. The maximum absolute atomic E-state index is 11.8. The third-order valence-corrected chi connectivity index (χ3v) is 3.78. The zero-order valence-electron chi connectivity index (χ0n) is 12.7. The Bertz CT molecular complexity index is 484. The first-order chi connectivity index (χ1) is 10.1. The zero-order valence-corrected chi connectivity index (χ0v) is 12.7. The summed E-state index contributed by atoms with van der Waals surface area (Å²) >= 11 is 0. The average Bonchev–Trinajstić information content (AvgIpc) is 2.96. The fourth-order valence-electron chi connectivity index (χ4n) is 2.49. The topological polar surface area (TPSA) is 70.6 Å². The van der Waals surface area contributed by atoms with E-state index in [0.717, 1.165) is 29.8 Å². The lowest BCUT2D eigenvalue weighted by Gasteiger charge is -2.18. The smallest absolute Gasteiger partial charge is 0.319 e. The maximum Gasteiger partial charge on any atom is 0.319 e. The molecular weight excluding hydrogens is 268 g/mol. The van der Waals surface area contributed by atoms with Gasteiger partial charge in [-0.3, -0.25) is 0 Å². The summed E-state index contributed by atoms with van der Waals surface area (Å²) < 4.78 is 6.02. The molecule has 116 valence electrons. The van der Waals surface area contributed by atoms with E-state index in [2.05, 4.69) is 10.6 Å². The third-order valence-electron chi connectivity index (χ3n) is 3.78. The summed E-state index contributed by atoms with van der Waals surface area (Å²) in [5, 5.41) is 14.4. The molecule has 1 aliphatic carbocycles. The van der Waals surface area contributed by atoms with Crippen LogP contribution in [-0.2, 0) is 0 Å². The second-order valence-corrected chi connectivity index (χ2v) is 5.64. The molecule has 0 heterocycles.